The van der Waals surface area contributed by atoms with Crippen LogP contribution in [0.2, 0.25) is 0 Å². The third-order valence-electron chi connectivity index (χ3n) is 6.84. The summed E-state index contributed by atoms with van der Waals surface area (Å²) in [6, 6.07) is 2.07. The molecule has 3 aromatic rings. The van der Waals surface area contributed by atoms with Crippen LogP contribution in [0.3, 0.4) is 0 Å². The third kappa shape index (κ3) is 1.13. The Bertz CT molecular complexity index is 989. The van der Waals surface area contributed by atoms with E-state index in [2.05, 4.69) is 25.6 Å². The second kappa shape index (κ2) is 3.27. The molecule has 2 bridgehead atoms. The predicted molar refractivity (Wildman–Crippen MR) is 84.5 cm³/mol. The van der Waals surface area contributed by atoms with Gasteiger partial charge in [-0.05, 0) is 43.6 Å². The van der Waals surface area contributed by atoms with Crippen LogP contribution in [-0.2, 0) is 10.3 Å². The number of hydrogen-bond acceptors (Lipinski definition) is 3. The van der Waals surface area contributed by atoms with Gasteiger partial charge in [0, 0.05) is 17.1 Å². The van der Waals surface area contributed by atoms with Crippen LogP contribution >= 0.6 is 0 Å². The molecule has 7 rings (SSSR count). The molecule has 4 saturated carbocycles. The molecule has 4 aliphatic carbocycles. The number of amides is 1. The molecular formula is C17H17N5O. The van der Waals surface area contributed by atoms with Crippen molar-refractivity contribution < 1.29 is 4.79 Å². The van der Waals surface area contributed by atoms with E-state index in [1.165, 1.54) is 0 Å². The topological polar surface area (TPSA) is 89.6 Å². The molecule has 116 valence electrons. The lowest BCUT2D eigenvalue weighted by Crippen LogP contribution is -2.72. The molecule has 0 saturated heterocycles. The lowest BCUT2D eigenvalue weighted by molar-refractivity contribution is -0.225. The minimum absolute atomic E-state index is 0.0847. The summed E-state index contributed by atoms with van der Waals surface area (Å²) < 4.78 is 2.33. The van der Waals surface area contributed by atoms with Crippen molar-refractivity contribution in [1.82, 2.24) is 19.5 Å². The number of primary amides is 1. The lowest BCUT2D eigenvalue weighted by atomic mass is 9.34. The number of fused-ring (bicyclic) bond motifs is 3. The first-order valence-electron chi connectivity index (χ1n) is 8.19. The quantitative estimate of drug-likeness (QED) is 0.776. The monoisotopic (exact) mass is 307 g/mol. The number of nitrogens with two attached hydrogens (primary N) is 1. The number of nitrogens with one attached hydrogen (secondary N) is 1. The highest BCUT2D eigenvalue weighted by Crippen LogP contribution is 2.83. The van der Waals surface area contributed by atoms with Gasteiger partial charge in [0.1, 0.15) is 11.2 Å². The molecule has 3 heterocycles. The molecule has 0 spiro atoms. The van der Waals surface area contributed by atoms with Crippen LogP contribution in [0, 0.1) is 10.8 Å². The molecule has 0 unspecified atom stereocenters. The fourth-order valence-corrected chi connectivity index (χ4v) is 5.53. The summed E-state index contributed by atoms with van der Waals surface area (Å²) in [7, 11) is 0. The molecule has 1 amide bonds. The summed E-state index contributed by atoms with van der Waals surface area (Å²) in [5, 5.41) is 1.12. The van der Waals surface area contributed by atoms with Gasteiger partial charge < -0.3 is 15.3 Å². The SMILES string of the molecule is NC(=O)C1(C23CC(n4cnc5cnc6[nH]ccc6c54)(C2)C3)CC1. The van der Waals surface area contributed by atoms with Crippen LogP contribution in [0.5, 0.6) is 0 Å². The van der Waals surface area contributed by atoms with E-state index >= 15 is 0 Å². The van der Waals surface area contributed by atoms with E-state index in [1.54, 1.807) is 0 Å². The van der Waals surface area contributed by atoms with Crippen molar-refractivity contribution in [1.29, 1.82) is 0 Å². The summed E-state index contributed by atoms with van der Waals surface area (Å²) in [6.45, 7) is 0. The van der Waals surface area contributed by atoms with E-state index < -0.39 is 0 Å². The molecule has 6 heteroatoms. The van der Waals surface area contributed by atoms with Crippen molar-refractivity contribution in [2.75, 3.05) is 0 Å². The summed E-state index contributed by atoms with van der Waals surface area (Å²) in [5.74, 6) is -0.0847. The molecule has 23 heavy (non-hydrogen) atoms. The van der Waals surface area contributed by atoms with E-state index in [1.807, 2.05) is 18.7 Å². The number of rotatable bonds is 3. The highest BCUT2D eigenvalue weighted by molar-refractivity contribution is 6.01. The Hall–Kier alpha value is -2.37. The second-order valence-electron chi connectivity index (χ2n) is 7.83. The number of imidazole rings is 1. The molecule has 0 atom stereocenters. The molecule has 0 radical (unpaired) electrons. The van der Waals surface area contributed by atoms with Crippen molar-refractivity contribution in [2.45, 2.75) is 37.6 Å². The fourth-order valence-electron chi connectivity index (χ4n) is 5.53. The minimum Gasteiger partial charge on any atom is -0.369 e. The molecule has 6 nitrogen and oxygen atoms in total. The van der Waals surface area contributed by atoms with Crippen LogP contribution in [0.1, 0.15) is 32.1 Å². The summed E-state index contributed by atoms with van der Waals surface area (Å²) >= 11 is 0. The van der Waals surface area contributed by atoms with Gasteiger partial charge in [-0.3, -0.25) is 4.79 Å². The van der Waals surface area contributed by atoms with Crippen LogP contribution in [0.4, 0.5) is 0 Å². The standard InChI is InChI=1S/C17H17N5O/c18-14(23)17(2-3-17)15-6-16(7-15,8-15)22-9-21-11-5-20-13-10(12(11)22)1-4-19-13/h1,4-5,9H,2-3,6-8H2,(H2,18,23)(H,19,20). The molecule has 4 aliphatic rings. The van der Waals surface area contributed by atoms with Gasteiger partial charge in [0.25, 0.3) is 0 Å². The average molecular weight is 307 g/mol. The maximum Gasteiger partial charge on any atom is 0.224 e. The number of pyridine rings is 1. The highest BCUT2D eigenvalue weighted by atomic mass is 16.1. The zero-order valence-corrected chi connectivity index (χ0v) is 12.7. The Morgan fingerprint density at radius 2 is 2.04 bits per heavy atom. The number of H-pyrrole nitrogens is 1. The predicted octanol–water partition coefficient (Wildman–Crippen LogP) is 2.06. The molecular weight excluding hydrogens is 290 g/mol. The van der Waals surface area contributed by atoms with Crippen molar-refractivity contribution in [2.24, 2.45) is 16.6 Å². The molecule has 3 N–H and O–H groups in total. The van der Waals surface area contributed by atoms with Crippen LogP contribution < -0.4 is 5.73 Å². The molecule has 3 aromatic heterocycles. The Kier molecular flexibility index (Phi) is 1.72. The van der Waals surface area contributed by atoms with Gasteiger partial charge in [0.2, 0.25) is 5.91 Å². The van der Waals surface area contributed by atoms with Crippen molar-refractivity contribution in [3.63, 3.8) is 0 Å². The first-order valence-corrected chi connectivity index (χ1v) is 8.19. The highest BCUT2D eigenvalue weighted by Gasteiger charge is 2.80. The van der Waals surface area contributed by atoms with E-state index in [0.29, 0.717) is 0 Å². The Morgan fingerprint density at radius 3 is 2.74 bits per heavy atom. The van der Waals surface area contributed by atoms with Gasteiger partial charge in [0.05, 0.1) is 23.5 Å². The zero-order chi connectivity index (χ0) is 15.4. The maximum absolute atomic E-state index is 11.9. The summed E-state index contributed by atoms with van der Waals surface area (Å²) in [6.07, 6.45) is 10.8. The number of aromatic nitrogens is 4. The first-order chi connectivity index (χ1) is 11.1. The summed E-state index contributed by atoms with van der Waals surface area (Å²) in [5.41, 5.74) is 8.79. The van der Waals surface area contributed by atoms with Gasteiger partial charge in [-0.15, -0.1) is 0 Å². The molecule has 4 fully saturated rings. The van der Waals surface area contributed by atoms with E-state index in [0.717, 1.165) is 54.2 Å². The van der Waals surface area contributed by atoms with Gasteiger partial charge in [0.15, 0.2) is 0 Å². The average Bonchev–Trinajstić information content (AvgIpc) is 2.92. The Balaban J connectivity index is 1.46. The Morgan fingerprint density at radius 1 is 1.26 bits per heavy atom. The number of aromatic amines is 1. The van der Waals surface area contributed by atoms with Crippen molar-refractivity contribution >= 4 is 28.0 Å². The van der Waals surface area contributed by atoms with Crippen molar-refractivity contribution in [3.8, 4) is 0 Å². The molecule has 0 aliphatic heterocycles. The van der Waals surface area contributed by atoms with Crippen LogP contribution in [0.25, 0.3) is 22.1 Å². The minimum atomic E-state index is -0.198. The van der Waals surface area contributed by atoms with E-state index in [9.17, 15) is 4.79 Å². The van der Waals surface area contributed by atoms with Gasteiger partial charge in [-0.25, -0.2) is 9.97 Å². The third-order valence-corrected chi connectivity index (χ3v) is 6.84. The second-order valence-corrected chi connectivity index (χ2v) is 7.83. The van der Waals surface area contributed by atoms with Crippen LogP contribution in [0.15, 0.2) is 24.8 Å². The largest absolute Gasteiger partial charge is 0.369 e. The summed E-state index contributed by atoms with van der Waals surface area (Å²) in [4.78, 5) is 24.0. The van der Waals surface area contributed by atoms with Crippen molar-refractivity contribution in [3.05, 3.63) is 24.8 Å². The van der Waals surface area contributed by atoms with Gasteiger partial charge in [-0.2, -0.15) is 0 Å². The number of hydrogen-bond donors (Lipinski definition) is 2. The molecule has 0 aromatic carbocycles. The normalized spacial score (nSPS) is 33.4. The number of carbonyl (C=O) groups excluding carboxylic acids is 1. The smallest absolute Gasteiger partial charge is 0.224 e. The number of carbonyl (C=O) groups is 1. The van der Waals surface area contributed by atoms with E-state index in [4.69, 9.17) is 5.73 Å². The first kappa shape index (κ1) is 12.1. The number of nitrogens with zero attached hydrogens (tertiary/aromatic N) is 3. The van der Waals surface area contributed by atoms with Crippen LogP contribution in [-0.4, -0.2) is 25.4 Å². The maximum atomic E-state index is 11.9. The van der Waals surface area contributed by atoms with Gasteiger partial charge >= 0.3 is 0 Å². The van der Waals surface area contributed by atoms with E-state index in [-0.39, 0.29) is 22.3 Å². The Labute approximate surface area is 132 Å². The van der Waals surface area contributed by atoms with Gasteiger partial charge in [-0.1, -0.05) is 0 Å². The zero-order valence-electron chi connectivity index (χ0n) is 12.7. The fraction of sp³-hybridized carbons (Fsp3) is 0.471. The lowest BCUT2D eigenvalue weighted by Gasteiger charge is -2.73.